The first-order valence-corrected chi connectivity index (χ1v) is 14.5. The Balaban J connectivity index is 1.31. The Hall–Kier alpha value is -2.16. The van der Waals surface area contributed by atoms with Gasteiger partial charge in [-0.15, -0.1) is 0 Å². The van der Waals surface area contributed by atoms with Crippen LogP contribution in [0.15, 0.2) is 42.5 Å². The molecule has 0 radical (unpaired) electrons. The highest BCUT2D eigenvalue weighted by molar-refractivity contribution is 7.99. The molecule has 2 unspecified atom stereocenters. The van der Waals surface area contributed by atoms with Crippen molar-refractivity contribution >= 4 is 11.8 Å². The van der Waals surface area contributed by atoms with Crippen molar-refractivity contribution in [2.45, 2.75) is 88.1 Å². The Bertz CT molecular complexity index is 981. The summed E-state index contributed by atoms with van der Waals surface area (Å²) >= 11 is 1.45. The number of benzene rings is 2. The molecule has 0 saturated heterocycles. The van der Waals surface area contributed by atoms with Crippen molar-refractivity contribution in [2.24, 2.45) is 0 Å². The summed E-state index contributed by atoms with van der Waals surface area (Å²) in [6.45, 7) is 0.522. The van der Waals surface area contributed by atoms with Gasteiger partial charge in [0, 0.05) is 18.4 Å². The van der Waals surface area contributed by atoms with Crippen LogP contribution < -0.4 is 4.74 Å². The van der Waals surface area contributed by atoms with Gasteiger partial charge in [-0.05, 0) is 66.0 Å². The summed E-state index contributed by atoms with van der Waals surface area (Å²) in [5.74, 6) is -1.89. The van der Waals surface area contributed by atoms with Crippen molar-refractivity contribution in [1.29, 1.82) is 0 Å². The van der Waals surface area contributed by atoms with E-state index >= 15 is 0 Å². The molecule has 0 amide bonds. The molecule has 1 aliphatic rings. The maximum absolute atomic E-state index is 12.9. The molecular weight excluding hydrogens is 523 g/mol. The van der Waals surface area contributed by atoms with Gasteiger partial charge in [-0.3, -0.25) is 0 Å². The zero-order valence-electron chi connectivity index (χ0n) is 21.5. The molecule has 212 valence electrons. The number of halogens is 5. The van der Waals surface area contributed by atoms with Crippen LogP contribution in [-0.2, 0) is 0 Å². The molecule has 0 aromatic heterocycles. The number of hydrogen-bond donors (Lipinski definition) is 2. The van der Waals surface area contributed by atoms with Crippen molar-refractivity contribution in [1.82, 2.24) is 0 Å². The largest absolute Gasteiger partial charge is 0.508 e. The maximum atomic E-state index is 12.9. The summed E-state index contributed by atoms with van der Waals surface area (Å²) in [5.41, 5.74) is 2.23. The number of phenolic OH excluding ortho intramolecular Hbond substituents is 2. The van der Waals surface area contributed by atoms with Gasteiger partial charge < -0.3 is 14.9 Å². The molecule has 9 heteroatoms. The maximum Gasteiger partial charge on any atom is 0.453 e. The number of rotatable bonds is 15. The summed E-state index contributed by atoms with van der Waals surface area (Å²) < 4.78 is 68.2. The first-order valence-electron chi connectivity index (χ1n) is 13.4. The standard InChI is InChI=1S/C29H37F5O3S/c30-28(31,29(32,33)34)16-8-18-38-17-7-5-3-1-2-4-6-9-24-25-15-14-23(36)19-27(25)37-20-26(24)21-10-12-22(35)13-11-21/h10-15,19,24,26,35-36H,1-9,16-18,20H2. The molecule has 2 aromatic carbocycles. The fraction of sp³-hybridized carbons (Fsp3) is 0.586. The lowest BCUT2D eigenvalue weighted by molar-refractivity contribution is -0.284. The van der Waals surface area contributed by atoms with Gasteiger partial charge in [0.05, 0.1) is 6.61 Å². The summed E-state index contributed by atoms with van der Waals surface area (Å²) in [4.78, 5) is 0. The van der Waals surface area contributed by atoms with Gasteiger partial charge in [0.2, 0.25) is 0 Å². The fourth-order valence-electron chi connectivity index (χ4n) is 4.97. The average molecular weight is 561 g/mol. The topological polar surface area (TPSA) is 49.7 Å². The second-order valence-electron chi connectivity index (χ2n) is 10.0. The Morgan fingerprint density at radius 2 is 1.37 bits per heavy atom. The van der Waals surface area contributed by atoms with Gasteiger partial charge in [-0.2, -0.15) is 33.7 Å². The molecule has 0 bridgehead atoms. The molecular formula is C29H37F5O3S. The van der Waals surface area contributed by atoms with Crippen LogP contribution in [0.3, 0.4) is 0 Å². The Kier molecular flexibility index (Phi) is 11.4. The second kappa shape index (κ2) is 14.3. The van der Waals surface area contributed by atoms with Crippen molar-refractivity contribution < 1.29 is 36.9 Å². The van der Waals surface area contributed by atoms with Gasteiger partial charge in [0.1, 0.15) is 17.2 Å². The lowest BCUT2D eigenvalue weighted by Gasteiger charge is -2.34. The minimum atomic E-state index is -5.45. The Morgan fingerprint density at radius 3 is 2.05 bits per heavy atom. The van der Waals surface area contributed by atoms with Crippen molar-refractivity contribution in [2.75, 3.05) is 18.1 Å². The minimum Gasteiger partial charge on any atom is -0.508 e. The van der Waals surface area contributed by atoms with Crippen LogP contribution in [0.4, 0.5) is 22.0 Å². The number of aromatic hydroxyl groups is 2. The fourth-order valence-corrected chi connectivity index (χ4v) is 5.93. The molecule has 38 heavy (non-hydrogen) atoms. The molecule has 1 heterocycles. The first-order chi connectivity index (χ1) is 18.1. The number of phenols is 2. The van der Waals surface area contributed by atoms with Crippen molar-refractivity contribution in [3.8, 4) is 17.2 Å². The minimum absolute atomic E-state index is 0.135. The summed E-state index contributed by atoms with van der Waals surface area (Å²) in [6, 6.07) is 12.6. The smallest absolute Gasteiger partial charge is 0.453 e. The first kappa shape index (κ1) is 30.4. The molecule has 2 atom stereocenters. The van der Waals surface area contributed by atoms with Crippen LogP contribution in [0, 0.1) is 0 Å². The highest BCUT2D eigenvalue weighted by Gasteiger charge is 2.56. The van der Waals surface area contributed by atoms with E-state index in [1.54, 1.807) is 24.3 Å². The van der Waals surface area contributed by atoms with Crippen molar-refractivity contribution in [3.05, 3.63) is 53.6 Å². The van der Waals surface area contributed by atoms with Crippen molar-refractivity contribution in [3.63, 3.8) is 0 Å². The van der Waals surface area contributed by atoms with Crippen LogP contribution in [0.5, 0.6) is 17.2 Å². The molecule has 3 rings (SSSR count). The van der Waals surface area contributed by atoms with E-state index in [-0.39, 0.29) is 29.8 Å². The van der Waals surface area contributed by atoms with Gasteiger partial charge in [-0.25, -0.2) is 0 Å². The van der Waals surface area contributed by atoms with Crippen LogP contribution in [0.25, 0.3) is 0 Å². The van der Waals surface area contributed by atoms with E-state index in [0.29, 0.717) is 12.4 Å². The molecule has 2 aromatic rings. The highest BCUT2D eigenvalue weighted by atomic mass is 32.2. The van der Waals surface area contributed by atoms with Gasteiger partial charge in [0.25, 0.3) is 0 Å². The third-order valence-corrected chi connectivity index (χ3v) is 8.27. The molecule has 0 spiro atoms. The van der Waals surface area contributed by atoms with Gasteiger partial charge >= 0.3 is 12.1 Å². The van der Waals surface area contributed by atoms with E-state index in [0.717, 1.165) is 74.0 Å². The number of fused-ring (bicyclic) bond motifs is 1. The predicted molar refractivity (Wildman–Crippen MR) is 142 cm³/mol. The Morgan fingerprint density at radius 1 is 0.763 bits per heavy atom. The predicted octanol–water partition coefficient (Wildman–Crippen LogP) is 9.19. The molecule has 3 nitrogen and oxygen atoms in total. The van der Waals surface area contributed by atoms with E-state index in [2.05, 4.69) is 0 Å². The molecule has 0 fully saturated rings. The molecule has 1 aliphatic heterocycles. The van der Waals surface area contributed by atoms with Crippen LogP contribution >= 0.6 is 11.8 Å². The van der Waals surface area contributed by atoms with Crippen LogP contribution in [0.1, 0.15) is 87.2 Å². The third kappa shape index (κ3) is 8.95. The zero-order chi connectivity index (χ0) is 27.6. The highest BCUT2D eigenvalue weighted by Crippen LogP contribution is 2.46. The number of hydrogen-bond acceptors (Lipinski definition) is 4. The lowest BCUT2D eigenvalue weighted by Crippen LogP contribution is -2.36. The SMILES string of the molecule is Oc1ccc(C2COc3cc(O)ccc3C2CCCCCCCCCSCCCC(F)(F)C(F)(F)F)cc1. The van der Waals surface area contributed by atoms with Gasteiger partial charge in [-0.1, -0.05) is 56.7 Å². The van der Waals surface area contributed by atoms with E-state index in [4.69, 9.17) is 4.74 Å². The van der Waals surface area contributed by atoms with E-state index in [1.807, 2.05) is 18.2 Å². The molecule has 0 aliphatic carbocycles. The summed E-state index contributed by atoms with van der Waals surface area (Å²) in [6.07, 6.45) is 1.74. The van der Waals surface area contributed by atoms with Crippen LogP contribution in [0.2, 0.25) is 0 Å². The second-order valence-corrected chi connectivity index (χ2v) is 11.2. The number of thioether (sulfide) groups is 1. The average Bonchev–Trinajstić information content (AvgIpc) is 2.86. The lowest BCUT2D eigenvalue weighted by atomic mass is 9.77. The van der Waals surface area contributed by atoms with Gasteiger partial charge in [0.15, 0.2) is 0 Å². The molecule has 2 N–H and O–H groups in total. The summed E-state index contributed by atoms with van der Waals surface area (Å²) in [5, 5.41) is 19.5. The zero-order valence-corrected chi connectivity index (χ0v) is 22.3. The third-order valence-electron chi connectivity index (χ3n) is 7.12. The molecule has 0 saturated carbocycles. The number of alkyl halides is 5. The Labute approximate surface area is 225 Å². The normalized spacial score (nSPS) is 17.7. The van der Waals surface area contributed by atoms with E-state index < -0.39 is 18.5 Å². The number of unbranched alkanes of at least 4 members (excludes halogenated alkanes) is 6. The van der Waals surface area contributed by atoms with E-state index in [1.165, 1.54) is 11.8 Å². The quantitative estimate of drug-likeness (QED) is 0.168. The number of ether oxygens (including phenoxy) is 1. The van der Waals surface area contributed by atoms with Crippen LogP contribution in [-0.4, -0.2) is 40.4 Å². The summed E-state index contributed by atoms with van der Waals surface area (Å²) in [7, 11) is 0. The van der Waals surface area contributed by atoms with E-state index in [9.17, 15) is 32.2 Å². The monoisotopic (exact) mass is 560 g/mol.